The average Bonchev–Trinajstić information content (AvgIpc) is 3.41. The number of rotatable bonds is 8. The molecule has 0 unspecified atom stereocenters. The van der Waals surface area contributed by atoms with E-state index in [0.29, 0.717) is 28.2 Å². The lowest BCUT2D eigenvalue weighted by atomic mass is 9.84. The number of nitrogens with zero attached hydrogens (tertiary/aromatic N) is 4. The maximum absolute atomic E-state index is 14.3. The van der Waals surface area contributed by atoms with Crippen LogP contribution in [0.3, 0.4) is 0 Å². The van der Waals surface area contributed by atoms with Crippen molar-refractivity contribution in [2.45, 2.75) is 76.9 Å². The van der Waals surface area contributed by atoms with Crippen LogP contribution in [0.25, 0.3) is 11.0 Å². The van der Waals surface area contributed by atoms with Crippen LogP contribution in [0.2, 0.25) is 0 Å². The van der Waals surface area contributed by atoms with Crippen LogP contribution >= 0.6 is 0 Å². The van der Waals surface area contributed by atoms with E-state index in [9.17, 15) is 14.4 Å². The third kappa shape index (κ3) is 6.93. The molecule has 224 valence electrons. The van der Waals surface area contributed by atoms with Crippen LogP contribution < -0.4 is 10.2 Å². The molecule has 0 aliphatic heterocycles. The van der Waals surface area contributed by atoms with Gasteiger partial charge >= 0.3 is 5.97 Å². The van der Waals surface area contributed by atoms with Gasteiger partial charge in [-0.25, -0.2) is 9.48 Å². The van der Waals surface area contributed by atoms with E-state index in [1.807, 2.05) is 57.2 Å². The van der Waals surface area contributed by atoms with Gasteiger partial charge in [-0.1, -0.05) is 60.9 Å². The zero-order chi connectivity index (χ0) is 30.6. The molecule has 9 nitrogen and oxygen atoms in total. The van der Waals surface area contributed by atoms with E-state index >= 15 is 0 Å². The summed E-state index contributed by atoms with van der Waals surface area (Å²) < 4.78 is 6.42. The Morgan fingerprint density at radius 2 is 1.63 bits per heavy atom. The van der Waals surface area contributed by atoms with Gasteiger partial charge in [0.15, 0.2) is 0 Å². The van der Waals surface area contributed by atoms with Gasteiger partial charge in [-0.3, -0.25) is 14.5 Å². The Kier molecular flexibility index (Phi) is 8.89. The number of fused-ring (bicyclic) bond motifs is 1. The summed E-state index contributed by atoms with van der Waals surface area (Å²) in [6.45, 7) is 5.57. The summed E-state index contributed by atoms with van der Waals surface area (Å²) in [6, 6.07) is 21.1. The van der Waals surface area contributed by atoms with E-state index in [-0.39, 0.29) is 18.4 Å². The summed E-state index contributed by atoms with van der Waals surface area (Å²) in [5.41, 5.74) is 3.60. The molecule has 4 aromatic rings. The third-order valence-electron chi connectivity index (χ3n) is 7.87. The van der Waals surface area contributed by atoms with Crippen LogP contribution in [0.5, 0.6) is 0 Å². The van der Waals surface area contributed by atoms with Crippen LogP contribution in [0.4, 0.5) is 5.69 Å². The minimum absolute atomic E-state index is 0.121. The van der Waals surface area contributed by atoms with E-state index in [2.05, 4.69) is 27.8 Å². The molecule has 0 bridgehead atoms. The number of ether oxygens (including phenoxy) is 1. The number of hydrogen-bond donors (Lipinski definition) is 1. The second kappa shape index (κ2) is 12.8. The van der Waals surface area contributed by atoms with Gasteiger partial charge in [0.25, 0.3) is 0 Å². The lowest BCUT2D eigenvalue weighted by molar-refractivity contribution is -0.128. The number of esters is 1. The molecule has 43 heavy (non-hydrogen) atoms. The second-order valence-corrected chi connectivity index (χ2v) is 12.2. The standard InChI is InChI=1S/C34H39N5O4/c1-34(2,3)35-32(41)31(25-14-16-26(17-15-25)33(42)43-4)39(27-20-18-24(19-21-27)23-10-6-5-7-11-23)30(40)22-38-29-13-9-8-12-28(29)36-37-38/h8-9,12-21,23,31H,5-7,10-11,22H2,1-4H3,(H,35,41)/t31-/m1/s1. The van der Waals surface area contributed by atoms with E-state index in [1.165, 1.54) is 36.8 Å². The number of methoxy groups -OCH3 is 1. The van der Waals surface area contributed by atoms with Crippen LogP contribution in [0.15, 0.2) is 72.8 Å². The average molecular weight is 582 g/mol. The second-order valence-electron chi connectivity index (χ2n) is 12.2. The molecule has 2 amide bonds. The van der Waals surface area contributed by atoms with Crippen LogP contribution in [-0.4, -0.2) is 45.4 Å². The summed E-state index contributed by atoms with van der Waals surface area (Å²) in [4.78, 5) is 42.1. The molecule has 0 saturated heterocycles. The molecule has 5 rings (SSSR count). The Hall–Kier alpha value is -4.53. The minimum atomic E-state index is -1.02. The molecule has 1 fully saturated rings. The van der Waals surface area contributed by atoms with Crippen molar-refractivity contribution in [1.29, 1.82) is 0 Å². The molecule has 1 aromatic heterocycles. The van der Waals surface area contributed by atoms with Crippen LogP contribution in [0.1, 0.15) is 86.3 Å². The molecular formula is C34H39N5O4. The molecule has 0 radical (unpaired) electrons. The lowest BCUT2D eigenvalue weighted by Crippen LogP contribution is -2.50. The number of aromatic nitrogens is 3. The molecule has 1 aliphatic carbocycles. The first-order valence-corrected chi connectivity index (χ1v) is 14.8. The number of hydrogen-bond acceptors (Lipinski definition) is 6. The molecule has 1 heterocycles. The fourth-order valence-electron chi connectivity index (χ4n) is 5.79. The van der Waals surface area contributed by atoms with Gasteiger partial charge in [0.1, 0.15) is 18.1 Å². The molecule has 1 aliphatic rings. The first-order chi connectivity index (χ1) is 20.6. The predicted molar refractivity (Wildman–Crippen MR) is 166 cm³/mol. The topological polar surface area (TPSA) is 106 Å². The smallest absolute Gasteiger partial charge is 0.337 e. The minimum Gasteiger partial charge on any atom is -0.465 e. The maximum Gasteiger partial charge on any atom is 0.337 e. The van der Waals surface area contributed by atoms with Crippen molar-refractivity contribution in [3.8, 4) is 0 Å². The zero-order valence-corrected chi connectivity index (χ0v) is 25.2. The van der Waals surface area contributed by atoms with Gasteiger partial charge < -0.3 is 10.1 Å². The van der Waals surface area contributed by atoms with Crippen molar-refractivity contribution in [2.75, 3.05) is 12.0 Å². The van der Waals surface area contributed by atoms with Crippen molar-refractivity contribution >= 4 is 34.5 Å². The highest BCUT2D eigenvalue weighted by molar-refractivity contribution is 6.02. The molecule has 9 heteroatoms. The highest BCUT2D eigenvalue weighted by atomic mass is 16.5. The number of carbonyl (C=O) groups excluding carboxylic acids is 3. The molecule has 3 aromatic carbocycles. The number of nitrogens with one attached hydrogen (secondary N) is 1. The Morgan fingerprint density at radius 3 is 2.28 bits per heavy atom. The Morgan fingerprint density at radius 1 is 0.953 bits per heavy atom. The SMILES string of the molecule is COC(=O)c1ccc([C@H](C(=O)NC(C)(C)C)N(C(=O)Cn2nnc3ccccc32)c2ccc(C3CCCCC3)cc2)cc1. The van der Waals surface area contributed by atoms with Crippen LogP contribution in [-0.2, 0) is 20.9 Å². The fraction of sp³-hybridized carbons (Fsp3) is 0.382. The van der Waals surface area contributed by atoms with Gasteiger partial charge in [-0.05, 0) is 87.1 Å². The number of para-hydroxylation sites is 1. The molecule has 0 spiro atoms. The summed E-state index contributed by atoms with van der Waals surface area (Å²) in [6.07, 6.45) is 6.03. The Balaban J connectivity index is 1.58. The first kappa shape index (κ1) is 29.9. The number of carbonyl (C=O) groups is 3. The van der Waals surface area contributed by atoms with Crippen molar-refractivity contribution < 1.29 is 19.1 Å². The number of benzene rings is 3. The summed E-state index contributed by atoms with van der Waals surface area (Å²) in [5.74, 6) is -0.649. The fourth-order valence-corrected chi connectivity index (χ4v) is 5.79. The summed E-state index contributed by atoms with van der Waals surface area (Å²) in [5, 5.41) is 11.5. The summed E-state index contributed by atoms with van der Waals surface area (Å²) >= 11 is 0. The Bertz CT molecular complexity index is 1580. The van der Waals surface area contributed by atoms with Gasteiger partial charge in [0.2, 0.25) is 11.8 Å². The highest BCUT2D eigenvalue weighted by Crippen LogP contribution is 2.35. The van der Waals surface area contributed by atoms with Gasteiger partial charge in [-0.15, -0.1) is 5.10 Å². The van der Waals surface area contributed by atoms with Crippen molar-refractivity contribution in [3.63, 3.8) is 0 Å². The van der Waals surface area contributed by atoms with Crippen LogP contribution in [0, 0.1) is 0 Å². The van der Waals surface area contributed by atoms with Crippen molar-refractivity contribution in [3.05, 3.63) is 89.5 Å². The van der Waals surface area contributed by atoms with E-state index in [4.69, 9.17) is 4.74 Å². The van der Waals surface area contributed by atoms with Gasteiger partial charge in [-0.2, -0.15) is 0 Å². The van der Waals surface area contributed by atoms with Crippen molar-refractivity contribution in [1.82, 2.24) is 20.3 Å². The number of anilines is 1. The molecule has 1 N–H and O–H groups in total. The normalized spacial score (nSPS) is 14.7. The Labute approximate surface area is 252 Å². The highest BCUT2D eigenvalue weighted by Gasteiger charge is 2.35. The third-order valence-corrected chi connectivity index (χ3v) is 7.87. The van der Waals surface area contributed by atoms with Gasteiger partial charge in [0.05, 0.1) is 18.2 Å². The quantitative estimate of drug-likeness (QED) is 0.258. The largest absolute Gasteiger partial charge is 0.465 e. The monoisotopic (exact) mass is 581 g/mol. The van der Waals surface area contributed by atoms with E-state index in [1.54, 1.807) is 28.9 Å². The predicted octanol–water partition coefficient (Wildman–Crippen LogP) is 5.95. The molecule has 1 atom stereocenters. The number of amides is 2. The van der Waals surface area contributed by atoms with E-state index < -0.39 is 17.6 Å². The lowest BCUT2D eigenvalue weighted by Gasteiger charge is -2.34. The molecular weight excluding hydrogens is 542 g/mol. The maximum atomic E-state index is 14.3. The first-order valence-electron chi connectivity index (χ1n) is 14.8. The molecule has 1 saturated carbocycles. The zero-order valence-electron chi connectivity index (χ0n) is 25.2. The van der Waals surface area contributed by atoms with Gasteiger partial charge in [0, 0.05) is 11.2 Å². The van der Waals surface area contributed by atoms with Crippen molar-refractivity contribution in [2.24, 2.45) is 0 Å². The van der Waals surface area contributed by atoms with E-state index in [0.717, 1.165) is 18.4 Å². The summed E-state index contributed by atoms with van der Waals surface area (Å²) in [7, 11) is 1.32.